The Morgan fingerprint density at radius 1 is 1.18 bits per heavy atom. The van der Waals surface area contributed by atoms with Crippen LogP contribution in [0.2, 0.25) is 0 Å². The fraction of sp³-hybridized carbons (Fsp3) is 0.167. The zero-order chi connectivity index (χ0) is 15.1. The number of hydrogen-bond donors (Lipinski definition) is 2. The molecule has 1 atom stereocenters. The second kappa shape index (κ2) is 4.91. The van der Waals surface area contributed by atoms with Crippen LogP contribution >= 0.6 is 0 Å². The molecule has 2 aromatic carbocycles. The fourth-order valence-corrected chi connectivity index (χ4v) is 3.23. The topological polar surface area (TPSA) is 48.1 Å². The molecule has 0 radical (unpaired) electrons. The van der Waals surface area contributed by atoms with Crippen molar-refractivity contribution in [1.29, 1.82) is 0 Å². The predicted octanol–water partition coefficient (Wildman–Crippen LogP) is 4.15. The van der Waals surface area contributed by atoms with Crippen molar-refractivity contribution in [3.63, 3.8) is 0 Å². The van der Waals surface area contributed by atoms with Gasteiger partial charge in [0.25, 0.3) is 0 Å². The van der Waals surface area contributed by atoms with Crippen LogP contribution in [0, 0.1) is 0 Å². The molecule has 1 aliphatic heterocycles. The van der Waals surface area contributed by atoms with Crippen molar-refractivity contribution in [2.24, 2.45) is 0 Å². The molecule has 2 amide bonds. The molecule has 0 saturated carbocycles. The molecule has 4 nitrogen and oxygen atoms in total. The third kappa shape index (κ3) is 1.96. The summed E-state index contributed by atoms with van der Waals surface area (Å²) in [5.74, 6) is 0. The molecule has 0 fully saturated rings. The number of benzene rings is 2. The molecule has 2 heterocycles. The molecule has 4 heteroatoms. The first-order chi connectivity index (χ1) is 10.7. The Morgan fingerprint density at radius 3 is 2.86 bits per heavy atom. The number of para-hydroxylation sites is 2. The van der Waals surface area contributed by atoms with Gasteiger partial charge in [-0.05, 0) is 31.0 Å². The van der Waals surface area contributed by atoms with Crippen LogP contribution in [-0.4, -0.2) is 17.1 Å². The van der Waals surface area contributed by atoms with Crippen LogP contribution in [-0.2, 0) is 6.42 Å². The molecular formula is C18H17N3O. The van der Waals surface area contributed by atoms with Gasteiger partial charge in [-0.3, -0.25) is 4.90 Å². The van der Waals surface area contributed by atoms with Crippen molar-refractivity contribution in [2.45, 2.75) is 19.4 Å². The van der Waals surface area contributed by atoms with E-state index in [-0.39, 0.29) is 12.1 Å². The number of amides is 2. The van der Waals surface area contributed by atoms with Gasteiger partial charge in [-0.1, -0.05) is 36.4 Å². The Kier molecular flexibility index (Phi) is 2.89. The number of rotatable bonds is 1. The monoisotopic (exact) mass is 291 g/mol. The molecule has 3 aromatic rings. The van der Waals surface area contributed by atoms with Crippen molar-refractivity contribution in [3.05, 3.63) is 60.3 Å². The molecule has 110 valence electrons. The predicted molar refractivity (Wildman–Crippen MR) is 89.4 cm³/mol. The van der Waals surface area contributed by atoms with Gasteiger partial charge in [0.15, 0.2) is 0 Å². The Bertz CT molecular complexity index is 852. The highest BCUT2D eigenvalue weighted by atomic mass is 16.2. The van der Waals surface area contributed by atoms with Gasteiger partial charge in [-0.2, -0.15) is 0 Å². The van der Waals surface area contributed by atoms with E-state index in [0.29, 0.717) is 0 Å². The molecule has 0 spiro atoms. The van der Waals surface area contributed by atoms with E-state index in [1.54, 1.807) is 0 Å². The number of urea groups is 1. The van der Waals surface area contributed by atoms with Crippen LogP contribution in [0.15, 0.2) is 54.7 Å². The summed E-state index contributed by atoms with van der Waals surface area (Å²) in [5.41, 5.74) is 4.07. The number of carbonyl (C=O) groups excluding carboxylic acids is 1. The number of aromatic amines is 1. The van der Waals surface area contributed by atoms with Crippen LogP contribution in [0.3, 0.4) is 0 Å². The number of nitrogens with zero attached hydrogens (tertiary/aromatic N) is 1. The van der Waals surface area contributed by atoms with Gasteiger partial charge < -0.3 is 10.3 Å². The Balaban J connectivity index is 1.65. The fourth-order valence-electron chi connectivity index (χ4n) is 3.23. The largest absolute Gasteiger partial charge is 0.359 e. The highest BCUT2D eigenvalue weighted by Crippen LogP contribution is 2.33. The second-order valence-electron chi connectivity index (χ2n) is 5.73. The van der Waals surface area contributed by atoms with Crippen LogP contribution < -0.4 is 10.2 Å². The van der Waals surface area contributed by atoms with Gasteiger partial charge >= 0.3 is 6.03 Å². The number of anilines is 2. The van der Waals surface area contributed by atoms with Crippen molar-refractivity contribution < 1.29 is 4.79 Å². The van der Waals surface area contributed by atoms with E-state index >= 15 is 0 Å². The molecule has 0 aliphatic carbocycles. The lowest BCUT2D eigenvalue weighted by atomic mass is 10.1. The first-order valence-corrected chi connectivity index (χ1v) is 7.48. The van der Waals surface area contributed by atoms with E-state index in [4.69, 9.17) is 0 Å². The minimum atomic E-state index is -0.0813. The van der Waals surface area contributed by atoms with Crippen LogP contribution in [0.4, 0.5) is 16.2 Å². The number of nitrogens with one attached hydrogen (secondary N) is 2. The third-order valence-electron chi connectivity index (χ3n) is 4.26. The summed E-state index contributed by atoms with van der Waals surface area (Å²) in [6.07, 6.45) is 2.74. The van der Waals surface area contributed by atoms with E-state index < -0.39 is 0 Å². The summed E-state index contributed by atoms with van der Waals surface area (Å²) in [4.78, 5) is 17.8. The number of carbonyl (C=O) groups is 1. The Hall–Kier alpha value is -2.75. The van der Waals surface area contributed by atoms with Crippen molar-refractivity contribution in [2.75, 3.05) is 10.2 Å². The average Bonchev–Trinajstić information content (AvgIpc) is 3.07. The van der Waals surface area contributed by atoms with Gasteiger partial charge in [-0.15, -0.1) is 0 Å². The zero-order valence-electron chi connectivity index (χ0n) is 12.3. The smallest absolute Gasteiger partial charge is 0.326 e. The maximum atomic E-state index is 12.7. The lowest BCUT2D eigenvalue weighted by Crippen LogP contribution is -2.39. The molecule has 0 saturated heterocycles. The minimum absolute atomic E-state index is 0.0813. The molecule has 0 bridgehead atoms. The lowest BCUT2D eigenvalue weighted by Gasteiger charge is -2.22. The van der Waals surface area contributed by atoms with Gasteiger partial charge in [0.05, 0.1) is 5.69 Å². The number of hydrogen-bond acceptors (Lipinski definition) is 1. The van der Waals surface area contributed by atoms with Crippen molar-refractivity contribution in [3.8, 4) is 0 Å². The van der Waals surface area contributed by atoms with Gasteiger partial charge in [0.1, 0.15) is 0 Å². The summed E-state index contributed by atoms with van der Waals surface area (Å²) in [7, 11) is 0. The molecule has 0 unspecified atom stereocenters. The normalized spacial score (nSPS) is 16.8. The van der Waals surface area contributed by atoms with Crippen molar-refractivity contribution in [1.82, 2.24) is 4.98 Å². The van der Waals surface area contributed by atoms with E-state index in [0.717, 1.165) is 28.7 Å². The van der Waals surface area contributed by atoms with Crippen LogP contribution in [0.5, 0.6) is 0 Å². The third-order valence-corrected chi connectivity index (χ3v) is 4.26. The highest BCUT2D eigenvalue weighted by Gasteiger charge is 2.30. The van der Waals surface area contributed by atoms with Crippen LogP contribution in [0.25, 0.3) is 10.9 Å². The summed E-state index contributed by atoms with van der Waals surface area (Å²) in [6.45, 7) is 2.08. The number of H-pyrrole nitrogens is 1. The molecule has 22 heavy (non-hydrogen) atoms. The van der Waals surface area contributed by atoms with Gasteiger partial charge in [-0.25, -0.2) is 4.79 Å². The number of fused-ring (bicyclic) bond motifs is 2. The van der Waals surface area contributed by atoms with E-state index in [1.807, 2.05) is 53.6 Å². The summed E-state index contributed by atoms with van der Waals surface area (Å²) >= 11 is 0. The lowest BCUT2D eigenvalue weighted by molar-refractivity contribution is 0.256. The minimum Gasteiger partial charge on any atom is -0.359 e. The first-order valence-electron chi connectivity index (χ1n) is 7.48. The zero-order valence-corrected chi connectivity index (χ0v) is 12.3. The molecular weight excluding hydrogens is 274 g/mol. The van der Waals surface area contributed by atoms with Crippen molar-refractivity contribution >= 4 is 28.3 Å². The molecule has 1 aromatic heterocycles. The second-order valence-corrected chi connectivity index (χ2v) is 5.73. The molecule has 2 N–H and O–H groups in total. The molecule has 1 aliphatic rings. The maximum Gasteiger partial charge on any atom is 0.326 e. The number of aromatic nitrogens is 1. The van der Waals surface area contributed by atoms with Gasteiger partial charge in [0, 0.05) is 28.8 Å². The molecule has 4 rings (SSSR count). The van der Waals surface area contributed by atoms with Gasteiger partial charge in [0.2, 0.25) is 0 Å². The Labute approximate surface area is 128 Å². The van der Waals surface area contributed by atoms with E-state index in [2.05, 4.69) is 23.3 Å². The SMILES string of the molecule is C[C@H]1Cc2ccccc2N1C(=O)Nc1c[nH]c2ccccc12. The Morgan fingerprint density at radius 2 is 1.95 bits per heavy atom. The first kappa shape index (κ1) is 13.0. The maximum absolute atomic E-state index is 12.7. The van der Waals surface area contributed by atoms with E-state index in [9.17, 15) is 4.79 Å². The quantitative estimate of drug-likeness (QED) is 0.695. The standard InChI is InChI=1S/C18H17N3O/c1-12-10-13-6-2-5-9-17(13)21(12)18(22)20-16-11-19-15-8-4-3-7-14(15)16/h2-9,11-12,19H,10H2,1H3,(H,20,22)/t12-/m0/s1. The summed E-state index contributed by atoms with van der Waals surface area (Å²) in [6, 6.07) is 16.1. The van der Waals surface area contributed by atoms with Crippen LogP contribution in [0.1, 0.15) is 12.5 Å². The summed E-state index contributed by atoms with van der Waals surface area (Å²) in [5, 5.41) is 4.06. The average molecular weight is 291 g/mol. The summed E-state index contributed by atoms with van der Waals surface area (Å²) < 4.78 is 0. The highest BCUT2D eigenvalue weighted by molar-refractivity contribution is 6.08. The van der Waals surface area contributed by atoms with E-state index in [1.165, 1.54) is 5.56 Å².